The fourth-order valence-corrected chi connectivity index (χ4v) is 5.85. The second-order valence-corrected chi connectivity index (χ2v) is 9.56. The zero-order valence-corrected chi connectivity index (χ0v) is 18.9. The van der Waals surface area contributed by atoms with Gasteiger partial charge in [-0.25, -0.2) is 4.98 Å². The van der Waals surface area contributed by atoms with Crippen molar-refractivity contribution in [2.75, 3.05) is 44.2 Å². The number of anilines is 1. The maximum atomic E-state index is 4.84. The third-order valence-corrected chi connectivity index (χ3v) is 7.56. The van der Waals surface area contributed by atoms with Crippen molar-refractivity contribution in [1.82, 2.24) is 20.5 Å². The van der Waals surface area contributed by atoms with Gasteiger partial charge in [-0.2, -0.15) is 0 Å². The Labute approximate surface area is 180 Å². The topological polar surface area (TPSA) is 55.8 Å². The molecule has 0 aromatic carbocycles. The van der Waals surface area contributed by atoms with Crippen molar-refractivity contribution in [3.8, 4) is 0 Å². The third kappa shape index (κ3) is 5.85. The number of hydrogen-bond donors (Lipinski definition) is 2. The molecule has 29 heavy (non-hydrogen) atoms. The highest BCUT2D eigenvalue weighted by atomic mass is 32.1. The lowest BCUT2D eigenvalue weighted by Crippen LogP contribution is -2.50. The lowest BCUT2D eigenvalue weighted by atomic mass is 10.0. The molecule has 1 aromatic heterocycles. The summed E-state index contributed by atoms with van der Waals surface area (Å²) in [6, 6.07) is 1.41. The van der Waals surface area contributed by atoms with Crippen LogP contribution in [0.5, 0.6) is 0 Å². The first-order valence-electron chi connectivity index (χ1n) is 11.8. The van der Waals surface area contributed by atoms with Gasteiger partial charge in [-0.1, -0.05) is 12.8 Å². The van der Waals surface area contributed by atoms with Crippen molar-refractivity contribution in [3.05, 3.63) is 11.1 Å². The Morgan fingerprint density at radius 2 is 1.86 bits per heavy atom. The Kier molecular flexibility index (Phi) is 7.66. The monoisotopic (exact) mass is 418 g/mol. The Morgan fingerprint density at radius 1 is 1.10 bits per heavy atom. The van der Waals surface area contributed by atoms with Crippen LogP contribution < -0.4 is 15.5 Å². The van der Waals surface area contributed by atoms with Gasteiger partial charge in [-0.3, -0.25) is 4.99 Å². The molecule has 162 valence electrons. The summed E-state index contributed by atoms with van der Waals surface area (Å²) >= 11 is 1.79. The van der Waals surface area contributed by atoms with Crippen LogP contribution in [0.4, 0.5) is 5.13 Å². The molecule has 0 radical (unpaired) electrons. The molecule has 1 aliphatic carbocycles. The first-order chi connectivity index (χ1) is 14.3. The largest absolute Gasteiger partial charge is 0.357 e. The molecule has 3 heterocycles. The predicted molar refractivity (Wildman–Crippen MR) is 123 cm³/mol. The van der Waals surface area contributed by atoms with Crippen molar-refractivity contribution in [2.24, 2.45) is 4.99 Å². The molecular weight excluding hydrogens is 380 g/mol. The fraction of sp³-hybridized carbons (Fsp3) is 0.818. The summed E-state index contributed by atoms with van der Waals surface area (Å²) in [6.07, 6.45) is 11.7. The van der Waals surface area contributed by atoms with E-state index in [-0.39, 0.29) is 0 Å². The van der Waals surface area contributed by atoms with Crippen LogP contribution in [0.15, 0.2) is 10.4 Å². The molecule has 3 aliphatic rings. The normalized spacial score (nSPS) is 22.5. The van der Waals surface area contributed by atoms with Gasteiger partial charge in [0.1, 0.15) is 0 Å². The molecule has 7 heteroatoms. The van der Waals surface area contributed by atoms with E-state index in [9.17, 15) is 0 Å². The SMILES string of the molecule is CCNC(=NCCc1csc(N2CCCC2)n1)NC1CCN(C2CCCC2)CC1. The van der Waals surface area contributed by atoms with Crippen molar-refractivity contribution >= 4 is 22.4 Å². The molecule has 2 saturated heterocycles. The van der Waals surface area contributed by atoms with E-state index in [1.165, 1.54) is 88.4 Å². The van der Waals surface area contributed by atoms with Crippen LogP contribution in [0.2, 0.25) is 0 Å². The molecule has 0 amide bonds. The van der Waals surface area contributed by atoms with E-state index in [2.05, 4.69) is 32.7 Å². The van der Waals surface area contributed by atoms with E-state index in [4.69, 9.17) is 9.98 Å². The molecule has 1 aromatic rings. The Balaban J connectivity index is 1.22. The number of thiazole rings is 1. The third-order valence-electron chi connectivity index (χ3n) is 6.61. The number of aliphatic imine (C=N–C) groups is 1. The first kappa shape index (κ1) is 20.9. The molecule has 0 bridgehead atoms. The van der Waals surface area contributed by atoms with Crippen LogP contribution >= 0.6 is 11.3 Å². The average molecular weight is 419 g/mol. The van der Waals surface area contributed by atoms with E-state index < -0.39 is 0 Å². The quantitative estimate of drug-likeness (QED) is 0.526. The maximum absolute atomic E-state index is 4.84. The predicted octanol–water partition coefficient (Wildman–Crippen LogP) is 3.25. The van der Waals surface area contributed by atoms with Gasteiger partial charge in [0.15, 0.2) is 11.1 Å². The lowest BCUT2D eigenvalue weighted by molar-refractivity contribution is 0.150. The fourth-order valence-electron chi connectivity index (χ4n) is 4.94. The number of hydrogen-bond acceptors (Lipinski definition) is 5. The summed E-state index contributed by atoms with van der Waals surface area (Å²) in [5.74, 6) is 0.974. The maximum Gasteiger partial charge on any atom is 0.191 e. The van der Waals surface area contributed by atoms with Gasteiger partial charge in [0.05, 0.1) is 5.69 Å². The first-order valence-corrected chi connectivity index (χ1v) is 12.7. The van der Waals surface area contributed by atoms with Crippen LogP contribution in [-0.2, 0) is 6.42 Å². The molecule has 2 N–H and O–H groups in total. The molecule has 2 aliphatic heterocycles. The van der Waals surface area contributed by atoms with E-state index in [0.717, 1.165) is 31.5 Å². The number of guanidine groups is 1. The van der Waals surface area contributed by atoms with Crippen LogP contribution in [0.3, 0.4) is 0 Å². The standard InChI is InChI=1S/C22H38N6S/c1-2-23-21(25-18-10-15-27(16-11-18)20-7-3-4-8-20)24-12-9-19-17-29-22(26-19)28-13-5-6-14-28/h17-18,20H,2-16H2,1H3,(H2,23,24,25). The highest BCUT2D eigenvalue weighted by Crippen LogP contribution is 2.26. The molecule has 4 rings (SSSR count). The molecule has 0 unspecified atom stereocenters. The molecule has 6 nitrogen and oxygen atoms in total. The van der Waals surface area contributed by atoms with Gasteiger partial charge < -0.3 is 20.4 Å². The number of likely N-dealkylation sites (tertiary alicyclic amines) is 1. The van der Waals surface area contributed by atoms with E-state index in [1.807, 2.05) is 0 Å². The van der Waals surface area contributed by atoms with E-state index in [0.29, 0.717) is 6.04 Å². The van der Waals surface area contributed by atoms with E-state index >= 15 is 0 Å². The zero-order valence-electron chi connectivity index (χ0n) is 18.0. The summed E-state index contributed by atoms with van der Waals surface area (Å²) in [7, 11) is 0. The number of nitrogens with one attached hydrogen (secondary N) is 2. The van der Waals surface area contributed by atoms with Crippen molar-refractivity contribution in [3.63, 3.8) is 0 Å². The summed E-state index contributed by atoms with van der Waals surface area (Å²) in [6.45, 7) is 8.64. The minimum atomic E-state index is 0.548. The van der Waals surface area contributed by atoms with Gasteiger partial charge >= 0.3 is 0 Å². The molecule has 3 fully saturated rings. The van der Waals surface area contributed by atoms with Gasteiger partial charge in [0.25, 0.3) is 0 Å². The lowest BCUT2D eigenvalue weighted by Gasteiger charge is -2.36. The minimum Gasteiger partial charge on any atom is -0.357 e. The molecular formula is C22H38N6S. The van der Waals surface area contributed by atoms with Gasteiger partial charge in [0.2, 0.25) is 0 Å². The van der Waals surface area contributed by atoms with Gasteiger partial charge in [-0.15, -0.1) is 11.3 Å². The second-order valence-electron chi connectivity index (χ2n) is 8.72. The van der Waals surface area contributed by atoms with Crippen LogP contribution in [0.25, 0.3) is 0 Å². The summed E-state index contributed by atoms with van der Waals surface area (Å²) in [5.41, 5.74) is 1.18. The van der Waals surface area contributed by atoms with Crippen molar-refractivity contribution in [1.29, 1.82) is 0 Å². The van der Waals surface area contributed by atoms with Crippen LogP contribution in [0, 0.1) is 0 Å². The zero-order chi connectivity index (χ0) is 19.9. The highest BCUT2D eigenvalue weighted by molar-refractivity contribution is 7.13. The Hall–Kier alpha value is -1.34. The number of nitrogens with zero attached hydrogens (tertiary/aromatic N) is 4. The number of aromatic nitrogens is 1. The van der Waals surface area contributed by atoms with Crippen LogP contribution in [0.1, 0.15) is 64.0 Å². The summed E-state index contributed by atoms with van der Waals surface area (Å²) in [4.78, 5) is 14.8. The number of piperidine rings is 1. The summed E-state index contributed by atoms with van der Waals surface area (Å²) in [5, 5.41) is 10.5. The van der Waals surface area contributed by atoms with Gasteiger partial charge in [0, 0.05) is 63.2 Å². The van der Waals surface area contributed by atoms with Gasteiger partial charge in [-0.05, 0) is 45.4 Å². The second kappa shape index (κ2) is 10.6. The minimum absolute atomic E-state index is 0.548. The average Bonchev–Trinajstić information content (AvgIpc) is 3.50. The van der Waals surface area contributed by atoms with Crippen LogP contribution in [-0.4, -0.2) is 67.2 Å². The molecule has 0 atom stereocenters. The smallest absolute Gasteiger partial charge is 0.191 e. The summed E-state index contributed by atoms with van der Waals surface area (Å²) < 4.78 is 0. The highest BCUT2D eigenvalue weighted by Gasteiger charge is 2.27. The van der Waals surface area contributed by atoms with Crippen molar-refractivity contribution < 1.29 is 0 Å². The van der Waals surface area contributed by atoms with E-state index in [1.54, 1.807) is 11.3 Å². The number of rotatable bonds is 7. The Bertz CT molecular complexity index is 639. The van der Waals surface area contributed by atoms with Crippen molar-refractivity contribution in [2.45, 2.75) is 76.8 Å². The molecule has 1 saturated carbocycles. The Morgan fingerprint density at radius 3 is 2.59 bits per heavy atom. The molecule has 0 spiro atoms.